The van der Waals surface area contributed by atoms with Gasteiger partial charge in [0.2, 0.25) is 0 Å². The highest BCUT2D eigenvalue weighted by Gasteiger charge is 2.24. The first kappa shape index (κ1) is 11.6. The van der Waals surface area contributed by atoms with Gasteiger partial charge in [0.15, 0.2) is 0 Å². The van der Waals surface area contributed by atoms with E-state index in [4.69, 9.17) is 0 Å². The Kier molecular flexibility index (Phi) is 3.59. The standard InChI is InChI=1S/C12H19N3S/c1-12(2,11-14-8-9-16-11)15-10-6-4-3-5-7-13-10/h8-9H,3-7H2,1-2H3,(H,13,15). The molecule has 0 saturated carbocycles. The summed E-state index contributed by atoms with van der Waals surface area (Å²) in [5, 5.41) is 6.68. The van der Waals surface area contributed by atoms with E-state index >= 15 is 0 Å². The zero-order valence-electron chi connectivity index (χ0n) is 9.99. The highest BCUT2D eigenvalue weighted by atomic mass is 32.1. The molecule has 3 nitrogen and oxygen atoms in total. The average molecular weight is 237 g/mol. The Morgan fingerprint density at radius 3 is 2.94 bits per heavy atom. The van der Waals surface area contributed by atoms with Gasteiger partial charge in [-0.05, 0) is 26.7 Å². The molecular weight excluding hydrogens is 218 g/mol. The van der Waals surface area contributed by atoms with Crippen molar-refractivity contribution in [3.63, 3.8) is 0 Å². The zero-order valence-corrected chi connectivity index (χ0v) is 10.8. The normalized spacial score (nSPS) is 17.8. The van der Waals surface area contributed by atoms with Crippen molar-refractivity contribution < 1.29 is 0 Å². The quantitative estimate of drug-likeness (QED) is 0.858. The summed E-state index contributed by atoms with van der Waals surface area (Å²) in [6.07, 6.45) is 6.71. The van der Waals surface area contributed by atoms with Gasteiger partial charge in [-0.25, -0.2) is 4.98 Å². The number of aliphatic imine (C=N–C) groups is 1. The number of hydrogen-bond acceptors (Lipinski definition) is 4. The van der Waals surface area contributed by atoms with Gasteiger partial charge in [-0.1, -0.05) is 6.42 Å². The lowest BCUT2D eigenvalue weighted by Gasteiger charge is -2.25. The third-order valence-electron chi connectivity index (χ3n) is 2.80. The van der Waals surface area contributed by atoms with Crippen molar-refractivity contribution in [1.82, 2.24) is 10.3 Å². The first-order valence-electron chi connectivity index (χ1n) is 5.90. The molecule has 0 unspecified atom stereocenters. The lowest BCUT2D eigenvalue weighted by molar-refractivity contribution is 0.478. The fourth-order valence-electron chi connectivity index (χ4n) is 1.92. The second kappa shape index (κ2) is 4.95. The van der Waals surface area contributed by atoms with Crippen LogP contribution in [0.3, 0.4) is 0 Å². The molecule has 2 heterocycles. The van der Waals surface area contributed by atoms with Crippen molar-refractivity contribution in [2.24, 2.45) is 4.99 Å². The molecule has 0 fully saturated rings. The van der Waals surface area contributed by atoms with Crippen molar-refractivity contribution in [3.05, 3.63) is 16.6 Å². The highest BCUT2D eigenvalue weighted by molar-refractivity contribution is 7.09. The molecule has 1 aromatic rings. The largest absolute Gasteiger partial charge is 0.362 e. The summed E-state index contributed by atoms with van der Waals surface area (Å²) < 4.78 is 0. The minimum atomic E-state index is -0.0999. The van der Waals surface area contributed by atoms with Gasteiger partial charge in [-0.3, -0.25) is 4.99 Å². The van der Waals surface area contributed by atoms with Crippen LogP contribution in [0.1, 0.15) is 44.5 Å². The van der Waals surface area contributed by atoms with Crippen LogP contribution in [0.5, 0.6) is 0 Å². The number of amidine groups is 1. The summed E-state index contributed by atoms with van der Waals surface area (Å²) in [7, 11) is 0. The minimum Gasteiger partial charge on any atom is -0.362 e. The van der Waals surface area contributed by atoms with E-state index < -0.39 is 0 Å². The van der Waals surface area contributed by atoms with Crippen LogP contribution in [0.15, 0.2) is 16.6 Å². The van der Waals surface area contributed by atoms with E-state index in [-0.39, 0.29) is 5.54 Å². The van der Waals surface area contributed by atoms with Crippen LogP contribution < -0.4 is 5.32 Å². The molecule has 1 aromatic heterocycles. The van der Waals surface area contributed by atoms with Crippen LogP contribution in [0.4, 0.5) is 0 Å². The molecule has 1 aliphatic rings. The Morgan fingerprint density at radius 1 is 1.31 bits per heavy atom. The maximum absolute atomic E-state index is 4.60. The predicted octanol–water partition coefficient (Wildman–Crippen LogP) is 2.94. The Labute approximate surface area is 101 Å². The van der Waals surface area contributed by atoms with Crippen molar-refractivity contribution >= 4 is 17.2 Å². The van der Waals surface area contributed by atoms with Gasteiger partial charge in [0.05, 0.1) is 11.4 Å². The van der Waals surface area contributed by atoms with E-state index in [0.717, 1.165) is 23.8 Å². The lowest BCUT2D eigenvalue weighted by atomic mass is 10.1. The topological polar surface area (TPSA) is 37.3 Å². The third kappa shape index (κ3) is 2.82. The molecule has 0 radical (unpaired) electrons. The van der Waals surface area contributed by atoms with Crippen LogP contribution in [0.2, 0.25) is 0 Å². The van der Waals surface area contributed by atoms with Crippen LogP contribution in [0.25, 0.3) is 0 Å². The lowest BCUT2D eigenvalue weighted by Crippen LogP contribution is -2.40. The molecule has 1 aliphatic heterocycles. The van der Waals surface area contributed by atoms with Crippen LogP contribution in [-0.2, 0) is 5.54 Å². The molecule has 0 saturated heterocycles. The maximum atomic E-state index is 4.60. The number of rotatable bonds is 2. The van der Waals surface area contributed by atoms with Gasteiger partial charge < -0.3 is 5.32 Å². The van der Waals surface area contributed by atoms with E-state index in [0.29, 0.717) is 0 Å². The van der Waals surface area contributed by atoms with Gasteiger partial charge in [0.1, 0.15) is 5.01 Å². The first-order valence-corrected chi connectivity index (χ1v) is 6.78. The number of nitrogens with one attached hydrogen (secondary N) is 1. The molecule has 16 heavy (non-hydrogen) atoms. The van der Waals surface area contributed by atoms with Crippen LogP contribution in [-0.4, -0.2) is 17.4 Å². The SMILES string of the molecule is CC(C)(NC1=NCCCCC1)c1nccs1. The third-order valence-corrected chi connectivity index (χ3v) is 3.89. The zero-order chi connectivity index (χ0) is 11.4. The van der Waals surface area contributed by atoms with Gasteiger partial charge in [-0.15, -0.1) is 11.3 Å². The van der Waals surface area contributed by atoms with Gasteiger partial charge >= 0.3 is 0 Å². The molecule has 0 atom stereocenters. The predicted molar refractivity (Wildman–Crippen MR) is 69.0 cm³/mol. The molecular formula is C12H19N3S. The van der Waals surface area contributed by atoms with E-state index in [1.54, 1.807) is 11.3 Å². The van der Waals surface area contributed by atoms with Crippen molar-refractivity contribution in [1.29, 1.82) is 0 Å². The summed E-state index contributed by atoms with van der Waals surface area (Å²) in [4.78, 5) is 8.98. The van der Waals surface area contributed by atoms with Crippen molar-refractivity contribution in [2.45, 2.75) is 45.1 Å². The second-order valence-electron chi connectivity index (χ2n) is 4.73. The maximum Gasteiger partial charge on any atom is 0.117 e. The minimum absolute atomic E-state index is 0.0999. The van der Waals surface area contributed by atoms with Gasteiger partial charge in [0.25, 0.3) is 0 Å². The molecule has 0 aliphatic carbocycles. The van der Waals surface area contributed by atoms with Gasteiger partial charge in [0, 0.05) is 24.5 Å². The van der Waals surface area contributed by atoms with Crippen molar-refractivity contribution in [3.8, 4) is 0 Å². The molecule has 0 aromatic carbocycles. The van der Waals surface area contributed by atoms with Crippen molar-refractivity contribution in [2.75, 3.05) is 6.54 Å². The Bertz CT molecular complexity index is 354. The first-order chi connectivity index (χ1) is 7.68. The number of aromatic nitrogens is 1. The molecule has 1 N–H and O–H groups in total. The van der Waals surface area contributed by atoms with E-state index in [1.165, 1.54) is 19.3 Å². The van der Waals surface area contributed by atoms with Crippen LogP contribution >= 0.6 is 11.3 Å². The Morgan fingerprint density at radius 2 is 2.19 bits per heavy atom. The summed E-state index contributed by atoms with van der Waals surface area (Å²) in [6.45, 7) is 5.30. The molecule has 88 valence electrons. The molecule has 0 spiro atoms. The van der Waals surface area contributed by atoms with E-state index in [1.807, 2.05) is 11.6 Å². The highest BCUT2D eigenvalue weighted by Crippen LogP contribution is 2.22. The number of nitrogens with zero attached hydrogens (tertiary/aromatic N) is 2. The summed E-state index contributed by atoms with van der Waals surface area (Å²) in [5.41, 5.74) is -0.0999. The van der Waals surface area contributed by atoms with E-state index in [9.17, 15) is 0 Å². The monoisotopic (exact) mass is 237 g/mol. The second-order valence-corrected chi connectivity index (χ2v) is 5.62. The van der Waals surface area contributed by atoms with Crippen LogP contribution in [0, 0.1) is 0 Å². The number of thiazole rings is 1. The Balaban J connectivity index is 2.05. The van der Waals surface area contributed by atoms with Gasteiger partial charge in [-0.2, -0.15) is 0 Å². The smallest absolute Gasteiger partial charge is 0.117 e. The Hall–Kier alpha value is -0.900. The van der Waals surface area contributed by atoms with E-state index in [2.05, 4.69) is 29.1 Å². The molecule has 0 bridgehead atoms. The average Bonchev–Trinajstić information content (AvgIpc) is 2.67. The molecule has 2 rings (SSSR count). The summed E-state index contributed by atoms with van der Waals surface area (Å²) in [5.74, 6) is 1.15. The molecule has 0 amide bonds. The number of hydrogen-bond donors (Lipinski definition) is 1. The summed E-state index contributed by atoms with van der Waals surface area (Å²) >= 11 is 1.70. The molecule has 4 heteroatoms. The summed E-state index contributed by atoms with van der Waals surface area (Å²) in [6, 6.07) is 0. The fourth-order valence-corrected chi connectivity index (χ4v) is 2.64. The fraction of sp³-hybridized carbons (Fsp3) is 0.667.